The van der Waals surface area contributed by atoms with Gasteiger partial charge in [0.15, 0.2) is 0 Å². The van der Waals surface area contributed by atoms with Gasteiger partial charge in [0.2, 0.25) is 41.4 Å². The Morgan fingerprint density at radius 1 is 0.447 bits per heavy atom. The predicted molar refractivity (Wildman–Crippen MR) is 132 cm³/mol. The van der Waals surface area contributed by atoms with E-state index in [0.29, 0.717) is 0 Å². The first-order valence-electron chi connectivity index (χ1n) is 11.4. The van der Waals surface area contributed by atoms with Crippen molar-refractivity contribution in [2.75, 3.05) is 81.6 Å². The van der Waals surface area contributed by atoms with Gasteiger partial charge in [0.05, 0.1) is 45.7 Å². The molecular weight excluding hydrogens is 506 g/mol. The molecule has 0 aromatic rings. The molecule has 0 bridgehead atoms. The zero-order valence-electron chi connectivity index (χ0n) is 22.6. The summed E-state index contributed by atoms with van der Waals surface area (Å²) in [7, 11) is 8.09. The molecule has 0 aromatic heterocycles. The first-order chi connectivity index (χ1) is 17.5. The molecule has 0 aromatic carbocycles. The molecule has 0 saturated carbocycles. The highest BCUT2D eigenvalue weighted by Gasteiger charge is 2.24. The van der Waals surface area contributed by atoms with Gasteiger partial charge in [-0.25, -0.2) is 0 Å². The van der Waals surface area contributed by atoms with E-state index in [1.165, 1.54) is 42.3 Å². The number of likely N-dealkylation sites (N-methyl/N-ethyl adjacent to an activating group) is 6. The van der Waals surface area contributed by atoms with Crippen LogP contribution >= 0.6 is 0 Å². The second kappa shape index (κ2) is 15.8. The normalized spacial score (nSPS) is 10.2. The maximum Gasteiger partial charge on any atom is 0.303 e. The molecule has 0 spiro atoms. The van der Waals surface area contributed by atoms with Crippen molar-refractivity contribution in [1.29, 1.82) is 0 Å². The summed E-state index contributed by atoms with van der Waals surface area (Å²) < 4.78 is 0. The van der Waals surface area contributed by atoms with Crippen LogP contribution in [0.4, 0.5) is 0 Å². The Bertz CT molecular complexity index is 940. The zero-order chi connectivity index (χ0) is 29.7. The van der Waals surface area contributed by atoms with Crippen LogP contribution in [-0.4, -0.2) is 163 Å². The maximum atomic E-state index is 12.5. The Balaban J connectivity index is 4.70. The van der Waals surface area contributed by atoms with Crippen LogP contribution < -0.4 is 5.73 Å². The van der Waals surface area contributed by atoms with Crippen molar-refractivity contribution in [3.63, 3.8) is 0 Å². The Labute approximate surface area is 220 Å². The molecule has 0 heterocycles. The van der Waals surface area contributed by atoms with E-state index in [9.17, 15) is 38.4 Å². The SMILES string of the molecule is CN(CC(N)=O)C(=O)CN(C)C(=O)CN(C)C(=O)CN(C)C(=O)CN(C)C(=O)CN(C)C(=O)CCC(=O)O. The lowest BCUT2D eigenvalue weighted by Crippen LogP contribution is -2.48. The van der Waals surface area contributed by atoms with Gasteiger partial charge in [-0.3, -0.25) is 38.4 Å². The summed E-state index contributed by atoms with van der Waals surface area (Å²) in [6.45, 7) is -2.13. The number of carbonyl (C=O) groups excluding carboxylic acids is 7. The smallest absolute Gasteiger partial charge is 0.303 e. The highest BCUT2D eigenvalue weighted by Crippen LogP contribution is 2.00. The van der Waals surface area contributed by atoms with Gasteiger partial charge < -0.3 is 40.2 Å². The van der Waals surface area contributed by atoms with Crippen LogP contribution in [0.3, 0.4) is 0 Å². The monoisotopic (exact) mass is 543 g/mol. The molecule has 3 N–H and O–H groups in total. The molecule has 7 amide bonds. The van der Waals surface area contributed by atoms with Gasteiger partial charge in [-0.1, -0.05) is 0 Å². The van der Waals surface area contributed by atoms with Crippen LogP contribution in [0.5, 0.6) is 0 Å². The predicted octanol–water partition coefficient (Wildman–Crippen LogP) is -3.91. The van der Waals surface area contributed by atoms with Crippen LogP contribution in [0.2, 0.25) is 0 Å². The number of carboxylic acids is 1. The average Bonchev–Trinajstić information content (AvgIpc) is 2.81. The van der Waals surface area contributed by atoms with E-state index in [-0.39, 0.29) is 52.1 Å². The van der Waals surface area contributed by atoms with Gasteiger partial charge in [-0.05, 0) is 0 Å². The molecule has 0 aliphatic carbocycles. The fourth-order valence-electron chi connectivity index (χ4n) is 2.79. The average molecular weight is 544 g/mol. The van der Waals surface area contributed by atoms with Crippen molar-refractivity contribution < 1.29 is 43.5 Å². The first kappa shape index (κ1) is 33.8. The minimum atomic E-state index is -1.14. The third-order valence-corrected chi connectivity index (χ3v) is 5.36. The molecule has 214 valence electrons. The number of carboxylic acid groups (broad SMARTS) is 1. The fourth-order valence-corrected chi connectivity index (χ4v) is 2.79. The van der Waals surface area contributed by atoms with E-state index < -0.39 is 47.3 Å². The van der Waals surface area contributed by atoms with E-state index in [1.807, 2.05) is 0 Å². The van der Waals surface area contributed by atoms with Crippen LogP contribution in [0.25, 0.3) is 0 Å². The number of hydrogen-bond donors (Lipinski definition) is 2. The van der Waals surface area contributed by atoms with Crippen molar-refractivity contribution in [2.24, 2.45) is 5.73 Å². The molecule has 0 saturated heterocycles. The Morgan fingerprint density at radius 2 is 0.684 bits per heavy atom. The van der Waals surface area contributed by atoms with Gasteiger partial charge in [-0.2, -0.15) is 0 Å². The second-order valence-corrected chi connectivity index (χ2v) is 8.86. The maximum absolute atomic E-state index is 12.5. The quantitative estimate of drug-likeness (QED) is 0.207. The second-order valence-electron chi connectivity index (χ2n) is 8.86. The highest BCUT2D eigenvalue weighted by molar-refractivity contribution is 5.92. The lowest BCUT2D eigenvalue weighted by molar-refractivity contribution is -0.145. The molecule has 0 aliphatic rings. The van der Waals surface area contributed by atoms with E-state index in [4.69, 9.17) is 10.8 Å². The molecule has 16 nitrogen and oxygen atoms in total. The summed E-state index contributed by atoms with van der Waals surface area (Å²) in [5.74, 6) is -5.16. The van der Waals surface area contributed by atoms with E-state index in [1.54, 1.807) is 0 Å². The van der Waals surface area contributed by atoms with Crippen molar-refractivity contribution in [3.8, 4) is 0 Å². The van der Waals surface area contributed by atoms with E-state index in [2.05, 4.69) is 0 Å². The number of carbonyl (C=O) groups is 8. The number of aliphatic carboxylic acids is 1. The molecule has 38 heavy (non-hydrogen) atoms. The lowest BCUT2D eigenvalue weighted by atomic mass is 10.3. The molecule has 0 atom stereocenters. The van der Waals surface area contributed by atoms with Crippen molar-refractivity contribution in [3.05, 3.63) is 0 Å². The third kappa shape index (κ3) is 12.6. The standard InChI is InChI=1S/C22H37N7O9/c1-24(9-15(23)30)17(32)11-26(3)19(34)13-28(5)21(36)14-29(6)20(35)12-27(4)18(33)10-25(2)16(31)7-8-22(37)38/h7-14H2,1-6H3,(H2,23,30)(H,37,38). The zero-order valence-corrected chi connectivity index (χ0v) is 22.6. The van der Waals surface area contributed by atoms with Gasteiger partial charge >= 0.3 is 5.97 Å². The number of hydrogen-bond acceptors (Lipinski definition) is 8. The van der Waals surface area contributed by atoms with Gasteiger partial charge in [0.25, 0.3) is 0 Å². The van der Waals surface area contributed by atoms with Crippen molar-refractivity contribution in [1.82, 2.24) is 29.4 Å². The van der Waals surface area contributed by atoms with E-state index in [0.717, 1.165) is 29.4 Å². The van der Waals surface area contributed by atoms with Crippen LogP contribution in [0.15, 0.2) is 0 Å². The lowest BCUT2D eigenvalue weighted by Gasteiger charge is -2.26. The van der Waals surface area contributed by atoms with Crippen LogP contribution in [0, 0.1) is 0 Å². The topological polar surface area (TPSA) is 202 Å². The highest BCUT2D eigenvalue weighted by atomic mass is 16.4. The largest absolute Gasteiger partial charge is 0.481 e. The third-order valence-electron chi connectivity index (χ3n) is 5.36. The summed E-state index contributed by atoms with van der Waals surface area (Å²) in [5.41, 5.74) is 5.04. The summed E-state index contributed by atoms with van der Waals surface area (Å²) >= 11 is 0. The number of nitrogens with two attached hydrogens (primary N) is 1. The summed E-state index contributed by atoms with van der Waals surface area (Å²) in [5, 5.41) is 8.64. The fraction of sp³-hybridized carbons (Fsp3) is 0.636. The van der Waals surface area contributed by atoms with Gasteiger partial charge in [0.1, 0.15) is 0 Å². The molecule has 0 fully saturated rings. The Morgan fingerprint density at radius 3 is 0.921 bits per heavy atom. The van der Waals surface area contributed by atoms with Crippen molar-refractivity contribution >= 4 is 47.3 Å². The summed E-state index contributed by atoms with van der Waals surface area (Å²) in [6.07, 6.45) is -0.631. The van der Waals surface area contributed by atoms with Crippen molar-refractivity contribution in [2.45, 2.75) is 12.8 Å². The van der Waals surface area contributed by atoms with Gasteiger partial charge in [0, 0.05) is 48.7 Å². The summed E-state index contributed by atoms with van der Waals surface area (Å²) in [4.78, 5) is 101. The van der Waals surface area contributed by atoms with Crippen LogP contribution in [-0.2, 0) is 38.4 Å². The minimum Gasteiger partial charge on any atom is -0.481 e. The number of amides is 7. The molecule has 0 unspecified atom stereocenters. The minimum absolute atomic E-state index is 0.263. The Kier molecular flexibility index (Phi) is 14.0. The number of rotatable bonds is 15. The number of nitrogens with zero attached hydrogens (tertiary/aromatic N) is 6. The molecule has 0 radical (unpaired) electrons. The molecule has 0 rings (SSSR count). The molecule has 0 aliphatic heterocycles. The number of primary amides is 1. The van der Waals surface area contributed by atoms with Crippen LogP contribution in [0.1, 0.15) is 12.8 Å². The molecule has 16 heteroatoms. The van der Waals surface area contributed by atoms with E-state index >= 15 is 0 Å². The Hall–Kier alpha value is -4.24. The summed E-state index contributed by atoms with van der Waals surface area (Å²) in [6, 6.07) is 0. The molecular formula is C22H37N7O9. The first-order valence-corrected chi connectivity index (χ1v) is 11.4. The van der Waals surface area contributed by atoms with Gasteiger partial charge in [-0.15, -0.1) is 0 Å².